The third kappa shape index (κ3) is 3.64. The van der Waals surface area contributed by atoms with Gasteiger partial charge in [-0.1, -0.05) is 17.7 Å². The van der Waals surface area contributed by atoms with Crippen molar-refractivity contribution in [1.29, 1.82) is 5.26 Å². The predicted octanol–water partition coefficient (Wildman–Crippen LogP) is 4.15. The Morgan fingerprint density at radius 3 is 2.85 bits per heavy atom. The molecule has 0 unspecified atom stereocenters. The van der Waals surface area contributed by atoms with Gasteiger partial charge < -0.3 is 4.74 Å². The summed E-state index contributed by atoms with van der Waals surface area (Å²) in [5.41, 5.74) is 0.110. The summed E-state index contributed by atoms with van der Waals surface area (Å²) in [5, 5.41) is 15.4. The fourth-order valence-electron chi connectivity index (χ4n) is 2.35. The van der Waals surface area contributed by atoms with Crippen LogP contribution in [0.5, 0.6) is 11.5 Å². The van der Waals surface area contributed by atoms with E-state index in [2.05, 4.69) is 26.1 Å². The van der Waals surface area contributed by atoms with Crippen LogP contribution in [0, 0.1) is 24.1 Å². The minimum Gasteiger partial charge on any atom is -0.453 e. The molecule has 0 saturated carbocycles. The molecule has 9 heteroatoms. The number of rotatable bonds is 4. The van der Waals surface area contributed by atoms with E-state index in [4.69, 9.17) is 21.6 Å². The Balaban J connectivity index is 1.99. The molecule has 1 heterocycles. The molecule has 1 N–H and O–H groups in total. The SMILES string of the molecule is Cc1n[nH]c(=O)n1Cc1ccc(Br)c(Oc2cc(Cl)cc(C#N)c2)c1F. The number of aromatic nitrogens is 3. The molecule has 0 aliphatic rings. The van der Waals surface area contributed by atoms with E-state index < -0.39 is 11.5 Å². The fraction of sp³-hybridized carbons (Fsp3) is 0.118. The standard InChI is InChI=1S/C17H11BrClFN4O2/c1-9-22-23-17(25)24(9)8-11-2-3-14(18)16(15(11)20)26-13-5-10(7-21)4-12(19)6-13/h2-6H,8H2,1H3,(H,23,25). The lowest BCUT2D eigenvalue weighted by molar-refractivity contribution is 0.434. The van der Waals surface area contributed by atoms with Crippen molar-refractivity contribution < 1.29 is 9.13 Å². The van der Waals surface area contributed by atoms with Crippen molar-refractivity contribution in [2.24, 2.45) is 0 Å². The molecule has 6 nitrogen and oxygen atoms in total. The topological polar surface area (TPSA) is 83.7 Å². The van der Waals surface area contributed by atoms with E-state index in [1.807, 2.05) is 6.07 Å². The van der Waals surface area contributed by atoms with Crippen LogP contribution in [0.3, 0.4) is 0 Å². The van der Waals surface area contributed by atoms with Crippen molar-refractivity contribution in [3.63, 3.8) is 0 Å². The number of ether oxygens (including phenoxy) is 1. The summed E-state index contributed by atoms with van der Waals surface area (Å²) in [5.74, 6) is -0.0380. The minimum atomic E-state index is -0.634. The number of H-pyrrole nitrogens is 1. The van der Waals surface area contributed by atoms with Crippen LogP contribution in [-0.4, -0.2) is 14.8 Å². The molecule has 2 aromatic carbocycles. The Bertz CT molecular complexity index is 1090. The van der Waals surface area contributed by atoms with Crippen LogP contribution in [0.2, 0.25) is 5.02 Å². The first kappa shape index (κ1) is 18.2. The highest BCUT2D eigenvalue weighted by molar-refractivity contribution is 9.10. The maximum atomic E-state index is 15.0. The average molecular weight is 438 g/mol. The molecule has 132 valence electrons. The second kappa shape index (κ2) is 7.32. The van der Waals surface area contributed by atoms with Crippen LogP contribution in [0.1, 0.15) is 17.0 Å². The lowest BCUT2D eigenvalue weighted by Gasteiger charge is -2.13. The van der Waals surface area contributed by atoms with Crippen LogP contribution >= 0.6 is 27.5 Å². The molecule has 3 rings (SSSR count). The summed E-state index contributed by atoms with van der Waals surface area (Å²) in [6.07, 6.45) is 0. The second-order valence-corrected chi connectivity index (χ2v) is 6.69. The molecule has 3 aromatic rings. The lowest BCUT2D eigenvalue weighted by atomic mass is 10.2. The summed E-state index contributed by atoms with van der Waals surface area (Å²) in [4.78, 5) is 11.7. The number of hydrogen-bond acceptors (Lipinski definition) is 4. The molecule has 0 aliphatic heterocycles. The Kier molecular flexibility index (Phi) is 5.11. The van der Waals surface area contributed by atoms with E-state index in [-0.39, 0.29) is 23.6 Å². The fourth-order valence-corrected chi connectivity index (χ4v) is 2.96. The van der Waals surface area contributed by atoms with Crippen LogP contribution in [0.4, 0.5) is 4.39 Å². The second-order valence-electron chi connectivity index (χ2n) is 5.40. The molecule has 0 atom stereocenters. The van der Waals surface area contributed by atoms with Gasteiger partial charge in [0.2, 0.25) is 0 Å². The van der Waals surface area contributed by atoms with E-state index in [0.717, 1.165) is 0 Å². The van der Waals surface area contributed by atoms with Crippen molar-refractivity contribution in [3.8, 4) is 17.6 Å². The van der Waals surface area contributed by atoms with Gasteiger partial charge in [-0.3, -0.25) is 4.57 Å². The number of nitrogens with zero attached hydrogens (tertiary/aromatic N) is 3. The monoisotopic (exact) mass is 436 g/mol. The van der Waals surface area contributed by atoms with E-state index in [9.17, 15) is 9.18 Å². The van der Waals surface area contributed by atoms with Gasteiger partial charge in [0.15, 0.2) is 11.6 Å². The zero-order chi connectivity index (χ0) is 18.8. The first-order valence-electron chi connectivity index (χ1n) is 7.36. The van der Waals surface area contributed by atoms with Gasteiger partial charge in [0.1, 0.15) is 11.6 Å². The van der Waals surface area contributed by atoms with E-state index >= 15 is 0 Å². The molecule has 0 fully saturated rings. The Morgan fingerprint density at radius 2 is 2.19 bits per heavy atom. The third-order valence-corrected chi connectivity index (χ3v) is 4.47. The highest BCUT2D eigenvalue weighted by atomic mass is 79.9. The van der Waals surface area contributed by atoms with Crippen molar-refractivity contribution in [2.45, 2.75) is 13.5 Å². The van der Waals surface area contributed by atoms with E-state index in [0.29, 0.717) is 20.9 Å². The number of nitrogens with one attached hydrogen (secondary N) is 1. The number of aryl methyl sites for hydroxylation is 1. The van der Waals surface area contributed by atoms with Crippen molar-refractivity contribution in [1.82, 2.24) is 14.8 Å². The van der Waals surface area contributed by atoms with Crippen molar-refractivity contribution in [2.75, 3.05) is 0 Å². The van der Waals surface area contributed by atoms with Gasteiger partial charge in [-0.2, -0.15) is 10.4 Å². The minimum absolute atomic E-state index is 0.00433. The summed E-state index contributed by atoms with van der Waals surface area (Å²) in [6, 6.07) is 9.53. The molecule has 26 heavy (non-hydrogen) atoms. The molecule has 1 aromatic heterocycles. The van der Waals surface area contributed by atoms with Crippen LogP contribution < -0.4 is 10.4 Å². The van der Waals surface area contributed by atoms with Gasteiger partial charge in [0.25, 0.3) is 0 Å². The molecular formula is C17H11BrClFN4O2. The van der Waals surface area contributed by atoms with Crippen LogP contribution in [-0.2, 0) is 6.54 Å². The molecule has 0 saturated heterocycles. The van der Waals surface area contributed by atoms with Gasteiger partial charge in [-0.15, -0.1) is 0 Å². The van der Waals surface area contributed by atoms with Crippen molar-refractivity contribution >= 4 is 27.5 Å². The Labute approximate surface area is 160 Å². The molecule has 0 radical (unpaired) electrons. The smallest absolute Gasteiger partial charge is 0.343 e. The number of benzene rings is 2. The summed E-state index contributed by atoms with van der Waals surface area (Å²) >= 11 is 9.20. The zero-order valence-corrected chi connectivity index (χ0v) is 15.7. The van der Waals surface area contributed by atoms with Crippen LogP contribution in [0.15, 0.2) is 39.6 Å². The Morgan fingerprint density at radius 1 is 1.42 bits per heavy atom. The maximum absolute atomic E-state index is 15.0. The van der Waals surface area contributed by atoms with Gasteiger partial charge in [-0.25, -0.2) is 14.3 Å². The van der Waals surface area contributed by atoms with Gasteiger partial charge in [0, 0.05) is 10.6 Å². The summed E-state index contributed by atoms with van der Waals surface area (Å²) in [6.45, 7) is 1.64. The Hall–Kier alpha value is -2.63. The number of nitriles is 1. The molecule has 0 spiro atoms. The van der Waals surface area contributed by atoms with E-state index in [1.54, 1.807) is 19.1 Å². The first-order chi connectivity index (χ1) is 12.4. The van der Waals surface area contributed by atoms with E-state index in [1.165, 1.54) is 22.8 Å². The quantitative estimate of drug-likeness (QED) is 0.665. The molecule has 0 bridgehead atoms. The predicted molar refractivity (Wildman–Crippen MR) is 97.0 cm³/mol. The lowest BCUT2D eigenvalue weighted by Crippen LogP contribution is -2.19. The third-order valence-electron chi connectivity index (χ3n) is 3.63. The highest BCUT2D eigenvalue weighted by Gasteiger charge is 2.17. The maximum Gasteiger partial charge on any atom is 0.343 e. The molecule has 0 amide bonds. The highest BCUT2D eigenvalue weighted by Crippen LogP contribution is 2.35. The summed E-state index contributed by atoms with van der Waals surface area (Å²) in [7, 11) is 0. The first-order valence-corrected chi connectivity index (χ1v) is 8.53. The largest absolute Gasteiger partial charge is 0.453 e. The summed E-state index contributed by atoms with van der Waals surface area (Å²) < 4.78 is 22.3. The number of hydrogen-bond donors (Lipinski definition) is 1. The van der Waals surface area contributed by atoms with Crippen molar-refractivity contribution in [3.05, 3.63) is 73.1 Å². The average Bonchev–Trinajstić information content (AvgIpc) is 2.92. The zero-order valence-electron chi connectivity index (χ0n) is 13.4. The number of aromatic amines is 1. The normalized spacial score (nSPS) is 10.6. The van der Waals surface area contributed by atoms with Crippen LogP contribution in [0.25, 0.3) is 0 Å². The van der Waals surface area contributed by atoms with Gasteiger partial charge in [0.05, 0.1) is 22.7 Å². The molecular weight excluding hydrogens is 427 g/mol. The van der Waals surface area contributed by atoms with Gasteiger partial charge >= 0.3 is 5.69 Å². The molecule has 0 aliphatic carbocycles. The number of halogens is 3. The van der Waals surface area contributed by atoms with Gasteiger partial charge in [-0.05, 0) is 47.1 Å².